The van der Waals surface area contributed by atoms with E-state index in [-0.39, 0.29) is 5.37 Å². The zero-order valence-electron chi connectivity index (χ0n) is 7.67. The summed E-state index contributed by atoms with van der Waals surface area (Å²) in [5.41, 5.74) is 0. The molecule has 1 nitrogen and oxygen atoms in total. The molecule has 2 aliphatic rings. The predicted octanol–water partition coefficient (Wildman–Crippen LogP) is 1.99. The second kappa shape index (κ2) is 3.71. The molecule has 0 bridgehead atoms. The molecule has 1 saturated heterocycles. The van der Waals surface area contributed by atoms with E-state index in [1.165, 1.54) is 0 Å². The van der Waals surface area contributed by atoms with Crippen molar-refractivity contribution in [3.05, 3.63) is 24.3 Å². The van der Waals surface area contributed by atoms with Gasteiger partial charge in [-0.25, -0.2) is 0 Å². The van der Waals surface area contributed by atoms with Crippen molar-refractivity contribution in [3.63, 3.8) is 0 Å². The van der Waals surface area contributed by atoms with Gasteiger partial charge in [-0.2, -0.15) is 25.3 Å². The third kappa shape index (κ3) is 1.69. The summed E-state index contributed by atoms with van der Waals surface area (Å²) in [6, 6.07) is 0.524. The molecule has 13 heavy (non-hydrogen) atoms. The number of likely N-dealkylation sites (N-methyl/N-ethyl adjacent to an activating group) is 1. The van der Waals surface area contributed by atoms with Crippen LogP contribution in [0.1, 0.15) is 6.42 Å². The largest absolute Gasteiger partial charge is 0.287 e. The first-order chi connectivity index (χ1) is 6.20. The third-order valence-electron chi connectivity index (χ3n) is 2.96. The van der Waals surface area contributed by atoms with Crippen molar-refractivity contribution in [2.45, 2.75) is 23.1 Å². The Morgan fingerprint density at radius 2 is 1.92 bits per heavy atom. The van der Waals surface area contributed by atoms with Gasteiger partial charge in [0.05, 0.1) is 5.37 Å². The highest BCUT2D eigenvalue weighted by atomic mass is 32.1. The molecule has 0 N–H and O–H groups in total. The minimum absolute atomic E-state index is 0.278. The predicted molar refractivity (Wildman–Crippen MR) is 63.5 cm³/mol. The van der Waals surface area contributed by atoms with Crippen LogP contribution in [0.25, 0.3) is 0 Å². The molecule has 0 aromatic carbocycles. The van der Waals surface area contributed by atoms with E-state index < -0.39 is 0 Å². The molecule has 72 valence electrons. The van der Waals surface area contributed by atoms with Crippen LogP contribution in [-0.4, -0.2) is 28.6 Å². The molecule has 4 atom stereocenters. The summed E-state index contributed by atoms with van der Waals surface area (Å²) in [4.78, 5) is 2.30. The van der Waals surface area contributed by atoms with Crippen molar-refractivity contribution in [2.75, 3.05) is 7.05 Å². The fourth-order valence-corrected chi connectivity index (χ4v) is 2.87. The fraction of sp³-hybridized carbons (Fsp3) is 0.600. The first kappa shape index (κ1) is 9.69. The first-order valence-corrected chi connectivity index (χ1v) is 5.66. The van der Waals surface area contributed by atoms with Crippen LogP contribution in [0, 0.1) is 5.92 Å². The highest BCUT2D eigenvalue weighted by molar-refractivity contribution is 7.85. The zero-order valence-corrected chi connectivity index (χ0v) is 9.46. The molecule has 0 spiro atoms. The van der Waals surface area contributed by atoms with Crippen molar-refractivity contribution < 1.29 is 0 Å². The molecule has 1 heterocycles. The van der Waals surface area contributed by atoms with Gasteiger partial charge in [0, 0.05) is 11.3 Å². The molecule has 1 fully saturated rings. The smallest absolute Gasteiger partial charge is 0.0648 e. The van der Waals surface area contributed by atoms with Crippen LogP contribution < -0.4 is 0 Å². The van der Waals surface area contributed by atoms with E-state index in [4.69, 9.17) is 0 Å². The van der Waals surface area contributed by atoms with Gasteiger partial charge in [-0.1, -0.05) is 24.3 Å². The summed E-state index contributed by atoms with van der Waals surface area (Å²) >= 11 is 9.12. The van der Waals surface area contributed by atoms with Gasteiger partial charge < -0.3 is 0 Å². The van der Waals surface area contributed by atoms with Crippen molar-refractivity contribution in [2.24, 2.45) is 5.92 Å². The second-order valence-electron chi connectivity index (χ2n) is 3.81. The highest BCUT2D eigenvalue weighted by Crippen LogP contribution is 2.34. The van der Waals surface area contributed by atoms with Gasteiger partial charge in [-0.15, -0.1) is 0 Å². The molecule has 1 aliphatic carbocycles. The van der Waals surface area contributed by atoms with Crippen molar-refractivity contribution in [1.82, 2.24) is 4.90 Å². The number of fused-ring (bicyclic) bond motifs is 1. The Kier molecular flexibility index (Phi) is 2.77. The second-order valence-corrected chi connectivity index (χ2v) is 5.00. The maximum Gasteiger partial charge on any atom is 0.0648 e. The molecule has 2 rings (SSSR count). The normalized spacial score (nSPS) is 44.8. The maximum absolute atomic E-state index is 4.56. The summed E-state index contributed by atoms with van der Waals surface area (Å²) < 4.78 is 0. The zero-order chi connectivity index (χ0) is 9.42. The number of hydrogen-bond donors (Lipinski definition) is 2. The molecule has 1 aliphatic heterocycles. The molecular weight excluding hydrogens is 198 g/mol. The monoisotopic (exact) mass is 213 g/mol. The summed E-state index contributed by atoms with van der Waals surface area (Å²) in [6.45, 7) is 0. The number of nitrogens with zero attached hydrogens (tertiary/aromatic N) is 1. The van der Waals surface area contributed by atoms with E-state index in [9.17, 15) is 0 Å². The Hall–Kier alpha value is 0.140. The summed E-state index contributed by atoms with van der Waals surface area (Å²) in [5.74, 6) is 0.626. The van der Waals surface area contributed by atoms with E-state index in [1.807, 2.05) is 0 Å². The number of hydrogen-bond acceptors (Lipinski definition) is 3. The van der Waals surface area contributed by atoms with Gasteiger partial charge in [0.25, 0.3) is 0 Å². The molecule has 0 saturated carbocycles. The van der Waals surface area contributed by atoms with Gasteiger partial charge in [-0.05, 0) is 19.4 Å². The molecular formula is C10H15NS2. The minimum atomic E-state index is 0.278. The summed E-state index contributed by atoms with van der Waals surface area (Å²) in [7, 11) is 2.13. The van der Waals surface area contributed by atoms with Crippen LogP contribution in [0.15, 0.2) is 24.3 Å². The molecule has 0 amide bonds. The summed E-state index contributed by atoms with van der Waals surface area (Å²) in [5, 5.41) is 0.659. The van der Waals surface area contributed by atoms with Gasteiger partial charge in [0.2, 0.25) is 0 Å². The van der Waals surface area contributed by atoms with Gasteiger partial charge in [0.15, 0.2) is 0 Å². The molecule has 4 unspecified atom stereocenters. The fourth-order valence-electron chi connectivity index (χ4n) is 2.15. The number of likely N-dealkylation sites (tertiary alicyclic amines) is 1. The number of piperidine rings is 1. The van der Waals surface area contributed by atoms with Gasteiger partial charge in [-0.3, -0.25) is 4.90 Å². The third-order valence-corrected chi connectivity index (χ3v) is 4.41. The molecule has 3 heteroatoms. The Balaban J connectivity index is 2.19. The average molecular weight is 213 g/mol. The quantitative estimate of drug-likeness (QED) is 0.582. The van der Waals surface area contributed by atoms with Crippen molar-refractivity contribution >= 4 is 25.3 Å². The van der Waals surface area contributed by atoms with Crippen LogP contribution in [0.5, 0.6) is 0 Å². The molecule has 0 aromatic rings. The Bertz CT molecular complexity index is 249. The van der Waals surface area contributed by atoms with Crippen molar-refractivity contribution in [3.8, 4) is 0 Å². The number of allylic oxidation sites excluding steroid dienone is 2. The number of thiol groups is 2. The van der Waals surface area contributed by atoms with Crippen molar-refractivity contribution in [1.29, 1.82) is 0 Å². The average Bonchev–Trinajstić information content (AvgIpc) is 2.15. The molecule has 0 aromatic heterocycles. The van der Waals surface area contributed by atoms with Crippen LogP contribution in [0.2, 0.25) is 0 Å². The van der Waals surface area contributed by atoms with E-state index in [0.717, 1.165) is 6.42 Å². The highest BCUT2D eigenvalue weighted by Gasteiger charge is 2.35. The van der Waals surface area contributed by atoms with Crippen LogP contribution in [-0.2, 0) is 0 Å². The SMILES string of the molecule is CN1C(S)C(S)CC2C=CC=CC21. The van der Waals surface area contributed by atoms with Gasteiger partial charge >= 0.3 is 0 Å². The Morgan fingerprint density at radius 3 is 2.69 bits per heavy atom. The molecule has 0 radical (unpaired) electrons. The Morgan fingerprint density at radius 1 is 1.23 bits per heavy atom. The van der Waals surface area contributed by atoms with E-state index in [1.54, 1.807) is 0 Å². The van der Waals surface area contributed by atoms with E-state index >= 15 is 0 Å². The lowest BCUT2D eigenvalue weighted by molar-refractivity contribution is 0.168. The Labute approximate surface area is 90.7 Å². The first-order valence-electron chi connectivity index (χ1n) is 4.63. The van der Waals surface area contributed by atoms with E-state index in [0.29, 0.717) is 17.2 Å². The minimum Gasteiger partial charge on any atom is -0.287 e. The van der Waals surface area contributed by atoms with Crippen LogP contribution >= 0.6 is 25.3 Å². The van der Waals surface area contributed by atoms with Gasteiger partial charge in [0.1, 0.15) is 0 Å². The lowest BCUT2D eigenvalue weighted by Crippen LogP contribution is -2.50. The summed E-state index contributed by atoms with van der Waals surface area (Å²) in [6.07, 6.45) is 9.93. The number of rotatable bonds is 0. The van der Waals surface area contributed by atoms with Crippen LogP contribution in [0.3, 0.4) is 0 Å². The van der Waals surface area contributed by atoms with E-state index in [2.05, 4.69) is 61.5 Å². The lowest BCUT2D eigenvalue weighted by Gasteiger charge is -2.44. The van der Waals surface area contributed by atoms with Crippen LogP contribution in [0.4, 0.5) is 0 Å². The standard InChI is InChI=1S/C10H15NS2/c1-11-8-5-3-2-4-7(8)6-9(12)10(11)13/h2-5,7-10,12-13H,6H2,1H3. The lowest BCUT2D eigenvalue weighted by atomic mass is 9.86. The topological polar surface area (TPSA) is 3.24 Å². The maximum atomic E-state index is 4.56.